The molecule has 19 rings (SSSR count). The fraction of sp³-hybridized carbons (Fsp3) is 0.143. The molecule has 0 spiro atoms. The summed E-state index contributed by atoms with van der Waals surface area (Å²) in [6.45, 7) is 21.2. The van der Waals surface area contributed by atoms with Crippen molar-refractivity contribution in [3.63, 3.8) is 0 Å². The number of halogens is 1. The summed E-state index contributed by atoms with van der Waals surface area (Å²) in [5, 5.41) is 4.95. The Labute approximate surface area is 600 Å². The number of hydrogen-bond acceptors (Lipinski definition) is 4. The Bertz CT molecular complexity index is 5770. The van der Waals surface area contributed by atoms with Crippen LogP contribution in [-0.2, 0) is 6.42 Å². The maximum absolute atomic E-state index is 5.36. The minimum Gasteiger partial charge on any atom is -0.311 e. The van der Waals surface area contributed by atoms with Crippen molar-refractivity contribution in [2.45, 2.75) is 80.6 Å². The highest BCUT2D eigenvalue weighted by Gasteiger charge is 2.51. The number of fused-ring (bicyclic) bond motifs is 13. The summed E-state index contributed by atoms with van der Waals surface area (Å²) >= 11 is 2.54. The van der Waals surface area contributed by atoms with Crippen LogP contribution in [0.2, 0.25) is 0 Å². The Morgan fingerprint density at radius 3 is 1.36 bits per heavy atom. The molecule has 0 saturated carbocycles. The van der Waals surface area contributed by atoms with E-state index in [-0.39, 0.29) is 19.3 Å². The van der Waals surface area contributed by atoms with E-state index in [4.69, 9.17) is 6.58 Å². The average Bonchev–Trinajstić information content (AvgIpc) is 0.810. The Morgan fingerprint density at radius 1 is 0.390 bits per heavy atom. The quantitative estimate of drug-likeness (QED) is 0.0951. The molecule has 0 N–H and O–H groups in total. The van der Waals surface area contributed by atoms with Crippen molar-refractivity contribution in [3.05, 3.63) is 309 Å². The van der Waals surface area contributed by atoms with E-state index in [0.29, 0.717) is 0 Å². The Morgan fingerprint density at radius 2 is 0.840 bits per heavy atom. The van der Waals surface area contributed by atoms with Crippen LogP contribution in [0.3, 0.4) is 0 Å². The van der Waals surface area contributed by atoms with Gasteiger partial charge in [0.25, 0.3) is 13.4 Å². The van der Waals surface area contributed by atoms with Gasteiger partial charge in [0.1, 0.15) is 0 Å². The zero-order valence-electron chi connectivity index (χ0n) is 57.7. The monoisotopic (exact) mass is 1400 g/mol. The van der Waals surface area contributed by atoms with E-state index in [9.17, 15) is 0 Å². The van der Waals surface area contributed by atoms with Crippen LogP contribution in [0.1, 0.15) is 74.3 Å². The van der Waals surface area contributed by atoms with E-state index >= 15 is 0 Å². The Kier molecular flexibility index (Phi) is 14.1. The average molecular weight is 1400 g/mol. The predicted molar refractivity (Wildman–Crippen MR) is 436 cm³/mol. The van der Waals surface area contributed by atoms with Gasteiger partial charge in [-0.25, -0.2) is 0 Å². The van der Waals surface area contributed by atoms with Crippen molar-refractivity contribution >= 4 is 170 Å². The number of benzene rings is 12. The van der Waals surface area contributed by atoms with Crippen LogP contribution in [0.4, 0.5) is 62.6 Å². The number of nitrogens with zero attached hydrogens (tertiary/aromatic N) is 6. The van der Waals surface area contributed by atoms with Gasteiger partial charge in [0.2, 0.25) is 0 Å². The molecule has 1 atom stereocenters. The first kappa shape index (κ1) is 60.7. The van der Waals surface area contributed by atoms with Crippen molar-refractivity contribution in [3.8, 4) is 11.4 Å². The third-order valence-electron chi connectivity index (χ3n) is 22.4. The van der Waals surface area contributed by atoms with Gasteiger partial charge in [0.05, 0.1) is 33.4 Å². The van der Waals surface area contributed by atoms with Crippen molar-refractivity contribution in [2.24, 2.45) is 5.92 Å². The molecular weight excluding hydrogens is 1330 g/mol. The molecule has 0 bridgehead atoms. The first-order valence-corrected chi connectivity index (χ1v) is 36.9. The van der Waals surface area contributed by atoms with Gasteiger partial charge in [-0.2, -0.15) is 0 Å². The summed E-state index contributed by atoms with van der Waals surface area (Å²) < 4.78 is 6.26. The first-order valence-electron chi connectivity index (χ1n) is 35.8. The van der Waals surface area contributed by atoms with Gasteiger partial charge < -0.3 is 28.7 Å². The highest BCUT2D eigenvalue weighted by Crippen LogP contribution is 2.54. The highest BCUT2D eigenvalue weighted by atomic mass is 127. The number of anilines is 11. The molecule has 12 aromatic carbocycles. The Hall–Kier alpha value is -10.5. The number of unbranched alkanes of at least 4 members (excludes halogenated alkanes) is 1. The van der Waals surface area contributed by atoms with E-state index < -0.39 is 0 Å². The lowest BCUT2D eigenvalue weighted by Crippen LogP contribution is -2.64. The molecule has 0 amide bonds. The lowest BCUT2D eigenvalue weighted by atomic mass is 9.28. The Balaban J connectivity index is 0.972. The molecule has 9 heteroatoms. The SMILES string of the molecule is C=C1C2=C(C=C(C)C1CCC)N(c1cc(C)cc(I)c1)c1cc(-n3c4ccccc4c4ccccc43)cc3c1B2c1cc2c(cc1N3c1ccccc1)N(c1ccccc1)c1cc(-n3c4ccccc4c4ccccc43)cc3c1B2c1c(C)cc(C)cc1N3c1cc(C)cc(CCCC)c1. The van der Waals surface area contributed by atoms with Crippen LogP contribution in [0.25, 0.3) is 55.0 Å². The summed E-state index contributed by atoms with van der Waals surface area (Å²) in [5.41, 5.74) is 37.7. The van der Waals surface area contributed by atoms with Gasteiger partial charge in [0, 0.05) is 99.3 Å². The van der Waals surface area contributed by atoms with Crippen LogP contribution >= 0.6 is 22.6 Å². The first-order chi connectivity index (χ1) is 48.9. The minimum absolute atomic E-state index is 0.176. The van der Waals surface area contributed by atoms with E-state index in [0.717, 1.165) is 77.6 Å². The zero-order chi connectivity index (χ0) is 67.5. The summed E-state index contributed by atoms with van der Waals surface area (Å²) in [4.78, 5) is 10.6. The third kappa shape index (κ3) is 9.09. The van der Waals surface area contributed by atoms with Crippen LogP contribution < -0.4 is 46.9 Å². The molecule has 0 saturated heterocycles. The van der Waals surface area contributed by atoms with Gasteiger partial charge in [0.15, 0.2) is 0 Å². The van der Waals surface area contributed by atoms with Crippen molar-refractivity contribution in [2.75, 3.05) is 19.6 Å². The topological polar surface area (TPSA) is 22.8 Å². The molecule has 1 aliphatic carbocycles. The van der Waals surface area contributed by atoms with Crippen LogP contribution in [-0.4, -0.2) is 22.6 Å². The fourth-order valence-corrected chi connectivity index (χ4v) is 19.3. The molecule has 1 unspecified atom stereocenters. The molecule has 100 heavy (non-hydrogen) atoms. The molecular formula is C91H75B2IN6. The number of hydrogen-bond donors (Lipinski definition) is 0. The standard InChI is InChI=1S/C91H75B2IN6/c1-9-11-27-61-41-56(4)43-65(47-61)99-82-45-55(3)40-59(7)88(82)92-74-53-75-81(54-80(74)95(63-28-14-12-15-29-63)84-49-67(51-86(99)90(84)92)97-76-36-22-18-32-70(76)71-33-19-23-37-77(71)97)96(64-30-16-13-17-31-64)85-50-68(98-78-38-24-20-34-72(78)73-35-21-25-39-79(73)98)52-87-91(85)93(75)89-60(8)69(26-10-2)58(6)46-83(89)100(87)66-44-57(5)42-62(94)48-66/h12-25,28-54,69H,8-11,26-27H2,1-7H3. The number of para-hydroxylation sites is 6. The van der Waals surface area contributed by atoms with Gasteiger partial charge >= 0.3 is 0 Å². The van der Waals surface area contributed by atoms with E-state index in [1.54, 1.807) is 0 Å². The second-order valence-electron chi connectivity index (χ2n) is 28.7. The molecule has 6 heterocycles. The lowest BCUT2D eigenvalue weighted by molar-refractivity contribution is 0.629. The van der Waals surface area contributed by atoms with E-state index in [1.165, 1.54) is 153 Å². The van der Waals surface area contributed by atoms with Crippen LogP contribution in [0.5, 0.6) is 0 Å². The predicted octanol–water partition coefficient (Wildman–Crippen LogP) is 21.4. The summed E-state index contributed by atoms with van der Waals surface area (Å²) in [6, 6.07) is 93.3. The molecule has 14 aromatic rings. The van der Waals surface area contributed by atoms with E-state index in [1.807, 2.05) is 0 Å². The third-order valence-corrected chi connectivity index (χ3v) is 23.0. The van der Waals surface area contributed by atoms with Crippen LogP contribution in [0.15, 0.2) is 278 Å². The molecule has 0 fully saturated rings. The lowest BCUT2D eigenvalue weighted by Gasteiger charge is -2.49. The van der Waals surface area contributed by atoms with Gasteiger partial charge in [-0.3, -0.25) is 0 Å². The van der Waals surface area contributed by atoms with E-state index in [2.05, 4.69) is 349 Å². The molecule has 4 aliphatic heterocycles. The molecule has 0 radical (unpaired) electrons. The smallest absolute Gasteiger partial charge is 0.252 e. The second-order valence-corrected chi connectivity index (χ2v) is 30.0. The maximum Gasteiger partial charge on any atom is 0.252 e. The van der Waals surface area contributed by atoms with Crippen molar-refractivity contribution < 1.29 is 0 Å². The summed E-state index contributed by atoms with van der Waals surface area (Å²) in [6.07, 6.45) is 7.91. The molecule has 6 nitrogen and oxygen atoms in total. The fourth-order valence-electron chi connectivity index (χ4n) is 18.5. The minimum atomic E-state index is -0.208. The summed E-state index contributed by atoms with van der Waals surface area (Å²) in [7, 11) is 0. The summed E-state index contributed by atoms with van der Waals surface area (Å²) in [5.74, 6) is 0.177. The molecule has 2 aromatic heterocycles. The van der Waals surface area contributed by atoms with Crippen molar-refractivity contribution in [1.82, 2.24) is 9.13 Å². The molecule has 482 valence electrons. The largest absolute Gasteiger partial charge is 0.311 e. The highest BCUT2D eigenvalue weighted by molar-refractivity contribution is 14.1. The second kappa shape index (κ2) is 23.3. The number of allylic oxidation sites excluding steroid dienone is 4. The number of aryl methyl sites for hydroxylation is 5. The molecule has 5 aliphatic rings. The number of aromatic nitrogens is 2. The van der Waals surface area contributed by atoms with Gasteiger partial charge in [-0.05, 0) is 253 Å². The van der Waals surface area contributed by atoms with Crippen LogP contribution in [0, 0.1) is 37.2 Å². The maximum atomic E-state index is 5.36. The zero-order valence-corrected chi connectivity index (χ0v) is 59.9. The van der Waals surface area contributed by atoms with Crippen molar-refractivity contribution in [1.29, 1.82) is 0 Å². The van der Waals surface area contributed by atoms with Gasteiger partial charge in [-0.1, -0.05) is 177 Å². The normalized spacial score (nSPS) is 15.0. The number of rotatable bonds is 11. The van der Waals surface area contributed by atoms with Gasteiger partial charge in [-0.15, -0.1) is 0 Å².